The van der Waals surface area contributed by atoms with Crippen molar-refractivity contribution in [3.8, 4) is 0 Å². The van der Waals surface area contributed by atoms with Gasteiger partial charge >= 0.3 is 0 Å². The second-order valence-corrected chi connectivity index (χ2v) is 7.91. The highest BCUT2D eigenvalue weighted by Crippen LogP contribution is 2.36. The van der Waals surface area contributed by atoms with E-state index in [0.717, 1.165) is 13.1 Å². The van der Waals surface area contributed by atoms with Gasteiger partial charge in [0, 0.05) is 29.9 Å². The van der Waals surface area contributed by atoms with E-state index < -0.39 is 0 Å². The number of nitrogens with zero attached hydrogens (tertiary/aromatic N) is 2. The third kappa shape index (κ3) is 3.53. The Kier molecular flexibility index (Phi) is 5.08. The maximum Gasteiger partial charge on any atom is 0.185 e. The molecule has 114 valence electrons. The average molecular weight is 295 g/mol. The summed E-state index contributed by atoms with van der Waals surface area (Å²) in [5.74, 6) is 0. The largest absolute Gasteiger partial charge is 0.348 e. The second-order valence-electron chi connectivity index (χ2n) is 6.85. The van der Waals surface area contributed by atoms with Gasteiger partial charge in [-0.15, -0.1) is 11.3 Å². The predicted octanol–water partition coefficient (Wildman–Crippen LogP) is 3.93. The normalized spacial score (nSPS) is 16.9. The summed E-state index contributed by atoms with van der Waals surface area (Å²) in [6, 6.07) is 0.695. The molecular weight excluding hydrogens is 266 g/mol. The van der Waals surface area contributed by atoms with Crippen LogP contribution in [0, 0.1) is 0 Å². The number of nitrogens with one attached hydrogen (secondary N) is 1. The molecule has 0 amide bonds. The highest BCUT2D eigenvalue weighted by atomic mass is 32.1. The van der Waals surface area contributed by atoms with Gasteiger partial charge in [-0.2, -0.15) is 0 Å². The Morgan fingerprint density at radius 3 is 2.50 bits per heavy atom. The zero-order chi connectivity index (χ0) is 14.8. The molecule has 0 radical (unpaired) electrons. The molecule has 1 aromatic rings. The Bertz CT molecular complexity index is 427. The van der Waals surface area contributed by atoms with Crippen molar-refractivity contribution in [2.75, 3.05) is 18.5 Å². The van der Waals surface area contributed by atoms with E-state index in [-0.39, 0.29) is 5.41 Å². The summed E-state index contributed by atoms with van der Waals surface area (Å²) >= 11 is 1.87. The monoisotopic (exact) mass is 295 g/mol. The molecule has 1 aliphatic rings. The average Bonchev–Trinajstić information content (AvgIpc) is 3.03. The zero-order valence-electron chi connectivity index (χ0n) is 13.6. The molecule has 1 aromatic heterocycles. The first-order valence-corrected chi connectivity index (χ1v) is 8.69. The van der Waals surface area contributed by atoms with Gasteiger partial charge in [-0.25, -0.2) is 4.98 Å². The third-order valence-electron chi connectivity index (χ3n) is 4.11. The molecule has 0 unspecified atom stereocenters. The molecule has 0 aliphatic heterocycles. The molecule has 1 aliphatic carbocycles. The predicted molar refractivity (Wildman–Crippen MR) is 88.9 cm³/mol. The minimum atomic E-state index is 0.121. The number of rotatable bonds is 5. The minimum Gasteiger partial charge on any atom is -0.348 e. The Morgan fingerprint density at radius 2 is 1.95 bits per heavy atom. The summed E-state index contributed by atoms with van der Waals surface area (Å²) in [5.41, 5.74) is 1.39. The van der Waals surface area contributed by atoms with Crippen LogP contribution in [0.15, 0.2) is 0 Å². The van der Waals surface area contributed by atoms with Crippen LogP contribution in [0.2, 0.25) is 0 Å². The van der Waals surface area contributed by atoms with E-state index in [1.165, 1.54) is 41.4 Å². The fraction of sp³-hybridized carbons (Fsp3) is 0.812. The highest BCUT2D eigenvalue weighted by molar-refractivity contribution is 7.15. The molecule has 20 heavy (non-hydrogen) atoms. The molecule has 3 nitrogen and oxygen atoms in total. The van der Waals surface area contributed by atoms with Crippen molar-refractivity contribution in [2.24, 2.45) is 0 Å². The first-order chi connectivity index (χ1) is 9.43. The van der Waals surface area contributed by atoms with Gasteiger partial charge in [0.15, 0.2) is 5.13 Å². The maximum atomic E-state index is 4.98. The number of anilines is 1. The SMILES string of the molecule is CCNCc1sc(N(C)C2CCCC2)nc1C(C)(C)C. The molecule has 1 N–H and O–H groups in total. The van der Waals surface area contributed by atoms with E-state index in [1.54, 1.807) is 0 Å². The van der Waals surface area contributed by atoms with E-state index in [1.807, 2.05) is 11.3 Å². The first kappa shape index (κ1) is 15.8. The fourth-order valence-electron chi connectivity index (χ4n) is 2.88. The van der Waals surface area contributed by atoms with E-state index in [2.05, 4.69) is 45.0 Å². The summed E-state index contributed by atoms with van der Waals surface area (Å²) in [4.78, 5) is 8.80. The number of thiazole rings is 1. The summed E-state index contributed by atoms with van der Waals surface area (Å²) in [6.45, 7) is 10.9. The van der Waals surface area contributed by atoms with Crippen molar-refractivity contribution in [3.63, 3.8) is 0 Å². The molecule has 0 aromatic carbocycles. The van der Waals surface area contributed by atoms with Crippen LogP contribution in [0.5, 0.6) is 0 Å². The topological polar surface area (TPSA) is 28.2 Å². The molecule has 2 rings (SSSR count). The summed E-state index contributed by atoms with van der Waals surface area (Å²) in [7, 11) is 2.22. The van der Waals surface area contributed by atoms with Crippen LogP contribution in [0.1, 0.15) is 63.9 Å². The Labute approximate surface area is 127 Å². The van der Waals surface area contributed by atoms with Crippen LogP contribution in [0.25, 0.3) is 0 Å². The van der Waals surface area contributed by atoms with Crippen molar-refractivity contribution < 1.29 is 0 Å². The molecule has 0 saturated heterocycles. The van der Waals surface area contributed by atoms with E-state index >= 15 is 0 Å². The summed E-state index contributed by atoms with van der Waals surface area (Å²) in [6.07, 6.45) is 5.39. The second kappa shape index (κ2) is 6.44. The number of aromatic nitrogens is 1. The van der Waals surface area contributed by atoms with Crippen molar-refractivity contribution in [3.05, 3.63) is 10.6 Å². The van der Waals surface area contributed by atoms with Gasteiger partial charge in [0.25, 0.3) is 0 Å². The van der Waals surface area contributed by atoms with Gasteiger partial charge in [0.05, 0.1) is 5.69 Å². The zero-order valence-corrected chi connectivity index (χ0v) is 14.4. The molecule has 0 atom stereocenters. The molecule has 1 fully saturated rings. The molecule has 4 heteroatoms. The quantitative estimate of drug-likeness (QED) is 0.892. The first-order valence-electron chi connectivity index (χ1n) is 7.87. The van der Waals surface area contributed by atoms with Gasteiger partial charge in [-0.3, -0.25) is 0 Å². The molecule has 1 saturated carbocycles. The lowest BCUT2D eigenvalue weighted by Gasteiger charge is -2.23. The molecule has 0 bridgehead atoms. The number of hydrogen-bond donors (Lipinski definition) is 1. The van der Waals surface area contributed by atoms with E-state index in [0.29, 0.717) is 6.04 Å². The van der Waals surface area contributed by atoms with E-state index in [4.69, 9.17) is 4.98 Å². The van der Waals surface area contributed by atoms with Crippen LogP contribution in [-0.4, -0.2) is 24.6 Å². The lowest BCUT2D eigenvalue weighted by atomic mass is 9.91. The lowest BCUT2D eigenvalue weighted by Crippen LogP contribution is -2.28. The highest BCUT2D eigenvalue weighted by Gasteiger charge is 2.27. The maximum absolute atomic E-state index is 4.98. The van der Waals surface area contributed by atoms with Crippen LogP contribution < -0.4 is 10.2 Å². The van der Waals surface area contributed by atoms with Gasteiger partial charge in [0.2, 0.25) is 0 Å². The molecular formula is C16H29N3S. The van der Waals surface area contributed by atoms with Gasteiger partial charge in [0.1, 0.15) is 0 Å². The Morgan fingerprint density at radius 1 is 1.30 bits per heavy atom. The van der Waals surface area contributed by atoms with Gasteiger partial charge < -0.3 is 10.2 Å². The standard InChI is InChI=1S/C16H29N3S/c1-6-17-11-13-14(16(2,3)4)18-15(20-13)19(5)12-9-7-8-10-12/h12,17H,6-11H2,1-5H3. The molecule has 0 spiro atoms. The number of hydrogen-bond acceptors (Lipinski definition) is 4. The van der Waals surface area contributed by atoms with Gasteiger partial charge in [-0.1, -0.05) is 40.5 Å². The van der Waals surface area contributed by atoms with Crippen LogP contribution in [0.3, 0.4) is 0 Å². The van der Waals surface area contributed by atoms with Crippen molar-refractivity contribution >= 4 is 16.5 Å². The fourth-order valence-corrected chi connectivity index (χ4v) is 4.16. The van der Waals surface area contributed by atoms with Crippen molar-refractivity contribution in [1.82, 2.24) is 10.3 Å². The molecule has 1 heterocycles. The van der Waals surface area contributed by atoms with E-state index in [9.17, 15) is 0 Å². The summed E-state index contributed by atoms with van der Waals surface area (Å²) in [5, 5.41) is 4.65. The van der Waals surface area contributed by atoms with Crippen LogP contribution >= 0.6 is 11.3 Å². The third-order valence-corrected chi connectivity index (χ3v) is 5.25. The van der Waals surface area contributed by atoms with Gasteiger partial charge in [-0.05, 0) is 19.4 Å². The van der Waals surface area contributed by atoms with Crippen molar-refractivity contribution in [1.29, 1.82) is 0 Å². The Hall–Kier alpha value is -0.610. The Balaban J connectivity index is 2.23. The lowest BCUT2D eigenvalue weighted by molar-refractivity contribution is 0.559. The minimum absolute atomic E-state index is 0.121. The van der Waals surface area contributed by atoms with Crippen LogP contribution in [-0.2, 0) is 12.0 Å². The smallest absolute Gasteiger partial charge is 0.185 e. The summed E-state index contributed by atoms with van der Waals surface area (Å²) < 4.78 is 0. The van der Waals surface area contributed by atoms with Crippen LogP contribution in [0.4, 0.5) is 5.13 Å². The van der Waals surface area contributed by atoms with Crippen molar-refractivity contribution in [2.45, 2.75) is 71.4 Å².